The van der Waals surface area contributed by atoms with Crippen molar-refractivity contribution in [2.24, 2.45) is 5.41 Å². The summed E-state index contributed by atoms with van der Waals surface area (Å²) in [5.74, 6) is 0.335. The first-order valence-corrected chi connectivity index (χ1v) is 11.9. The fraction of sp³-hybridized carbons (Fsp3) is 0.583. The van der Waals surface area contributed by atoms with Crippen molar-refractivity contribution in [3.8, 4) is 6.07 Å². The maximum Gasteiger partial charge on any atom is 0.418 e. The Hall–Kier alpha value is -1.95. The van der Waals surface area contributed by atoms with Crippen molar-refractivity contribution < 1.29 is 17.9 Å². The van der Waals surface area contributed by atoms with Gasteiger partial charge in [-0.15, -0.1) is 11.3 Å². The van der Waals surface area contributed by atoms with Crippen LogP contribution in [0.4, 0.5) is 13.2 Å². The largest absolute Gasteiger partial charge is 0.418 e. The van der Waals surface area contributed by atoms with E-state index >= 15 is 0 Å². The molecule has 2 aromatic rings. The van der Waals surface area contributed by atoms with Gasteiger partial charge in [-0.05, 0) is 49.4 Å². The lowest BCUT2D eigenvalue weighted by Crippen LogP contribution is -2.67. The number of aryl methyl sites for hydroxylation is 1. The van der Waals surface area contributed by atoms with E-state index in [-0.39, 0.29) is 13.0 Å². The molecule has 0 radical (unpaired) electrons. The standard InChI is InChI=1S/C24H28F3N3OS/c1-17(2)20-15-32-21(29-20)14-30-11-9-22(16-30,23(10-12-31-23)24(25,26)27)8-7-18-3-5-19(13-28)6-4-18/h3-6,15,17H,7-12,14,16H2,1-2H3/t22-,23-/m1/s1. The molecule has 0 spiro atoms. The molecule has 4 rings (SSSR count). The highest BCUT2D eigenvalue weighted by Gasteiger charge is 2.71. The second kappa shape index (κ2) is 8.77. The molecule has 32 heavy (non-hydrogen) atoms. The van der Waals surface area contributed by atoms with Gasteiger partial charge in [0.25, 0.3) is 0 Å². The fourth-order valence-corrected chi connectivity index (χ4v) is 6.06. The number of likely N-dealkylation sites (tertiary alicyclic amines) is 1. The van der Waals surface area contributed by atoms with Crippen LogP contribution in [0.3, 0.4) is 0 Å². The van der Waals surface area contributed by atoms with Crippen LogP contribution in [0, 0.1) is 16.7 Å². The van der Waals surface area contributed by atoms with E-state index in [2.05, 4.69) is 29.8 Å². The highest BCUT2D eigenvalue weighted by atomic mass is 32.1. The van der Waals surface area contributed by atoms with Crippen LogP contribution < -0.4 is 0 Å². The third-order valence-corrected chi connectivity index (χ3v) is 7.90. The molecule has 0 unspecified atom stereocenters. The monoisotopic (exact) mass is 463 g/mol. The van der Waals surface area contributed by atoms with Gasteiger partial charge in [0.15, 0.2) is 5.60 Å². The van der Waals surface area contributed by atoms with Crippen LogP contribution in [0.2, 0.25) is 0 Å². The Labute approximate surface area is 191 Å². The van der Waals surface area contributed by atoms with Crippen molar-refractivity contribution in [1.29, 1.82) is 5.26 Å². The zero-order chi connectivity index (χ0) is 23.0. The first-order chi connectivity index (χ1) is 15.2. The van der Waals surface area contributed by atoms with Gasteiger partial charge in [0.05, 0.1) is 30.5 Å². The van der Waals surface area contributed by atoms with Gasteiger partial charge < -0.3 is 4.74 Å². The SMILES string of the molecule is CC(C)c1csc(CN2CC[C@@](CCc3ccc(C#N)cc3)([C@@]3(C(F)(F)F)CCO3)C2)n1. The first-order valence-electron chi connectivity index (χ1n) is 11.0. The summed E-state index contributed by atoms with van der Waals surface area (Å²) in [6.45, 7) is 5.85. The molecule has 3 heterocycles. The lowest BCUT2D eigenvalue weighted by molar-refractivity contribution is -0.366. The number of rotatable bonds is 7. The molecule has 0 saturated carbocycles. The average Bonchev–Trinajstić information content (AvgIpc) is 3.33. The molecule has 4 nitrogen and oxygen atoms in total. The summed E-state index contributed by atoms with van der Waals surface area (Å²) in [7, 11) is 0. The molecule has 172 valence electrons. The van der Waals surface area contributed by atoms with E-state index in [1.807, 2.05) is 17.5 Å². The summed E-state index contributed by atoms with van der Waals surface area (Å²) in [4.78, 5) is 6.78. The summed E-state index contributed by atoms with van der Waals surface area (Å²) in [6.07, 6.45) is -3.02. The number of benzene rings is 1. The second-order valence-electron chi connectivity index (χ2n) is 9.29. The Bertz CT molecular complexity index is 976. The quantitative estimate of drug-likeness (QED) is 0.530. The molecule has 2 atom stereocenters. The van der Waals surface area contributed by atoms with Crippen molar-refractivity contribution in [3.63, 3.8) is 0 Å². The van der Waals surface area contributed by atoms with Gasteiger partial charge >= 0.3 is 6.18 Å². The van der Waals surface area contributed by atoms with Gasteiger partial charge in [-0.2, -0.15) is 18.4 Å². The van der Waals surface area contributed by atoms with Crippen LogP contribution in [0.5, 0.6) is 0 Å². The van der Waals surface area contributed by atoms with Gasteiger partial charge in [-0.25, -0.2) is 4.98 Å². The van der Waals surface area contributed by atoms with Crippen molar-refractivity contribution in [1.82, 2.24) is 9.88 Å². The first kappa shape index (κ1) is 23.2. The number of nitrogens with zero attached hydrogens (tertiary/aromatic N) is 3. The second-order valence-corrected chi connectivity index (χ2v) is 10.2. The Morgan fingerprint density at radius 3 is 2.50 bits per heavy atom. The lowest BCUT2D eigenvalue weighted by Gasteiger charge is -2.54. The summed E-state index contributed by atoms with van der Waals surface area (Å²) in [5, 5.41) is 12.0. The molecule has 0 amide bonds. The predicted molar refractivity (Wildman–Crippen MR) is 117 cm³/mol. The highest BCUT2D eigenvalue weighted by molar-refractivity contribution is 7.09. The predicted octanol–water partition coefficient (Wildman–Crippen LogP) is 5.68. The Morgan fingerprint density at radius 2 is 1.97 bits per heavy atom. The number of nitriles is 1. The maximum atomic E-state index is 14.3. The molecule has 2 aliphatic heterocycles. The van der Waals surface area contributed by atoms with Gasteiger partial charge in [-0.3, -0.25) is 4.90 Å². The number of halogens is 3. The topological polar surface area (TPSA) is 49.2 Å². The van der Waals surface area contributed by atoms with E-state index in [1.165, 1.54) is 0 Å². The molecule has 0 N–H and O–H groups in total. The number of hydrogen-bond acceptors (Lipinski definition) is 5. The van der Waals surface area contributed by atoms with Crippen LogP contribution in [0.1, 0.15) is 60.9 Å². The van der Waals surface area contributed by atoms with Gasteiger partial charge in [0.2, 0.25) is 0 Å². The molecule has 2 aliphatic rings. The van der Waals surface area contributed by atoms with E-state index in [4.69, 9.17) is 10.00 Å². The van der Waals surface area contributed by atoms with E-state index in [1.54, 1.807) is 23.5 Å². The van der Waals surface area contributed by atoms with E-state index in [0.717, 1.165) is 16.3 Å². The van der Waals surface area contributed by atoms with E-state index in [0.29, 0.717) is 50.4 Å². The number of alkyl halides is 3. The fourth-order valence-electron chi connectivity index (χ4n) is 5.06. The average molecular weight is 464 g/mol. The summed E-state index contributed by atoms with van der Waals surface area (Å²) < 4.78 is 48.4. The van der Waals surface area contributed by atoms with Crippen molar-refractivity contribution in [2.45, 2.75) is 63.8 Å². The summed E-state index contributed by atoms with van der Waals surface area (Å²) >= 11 is 1.58. The van der Waals surface area contributed by atoms with Crippen LogP contribution in [-0.2, 0) is 17.7 Å². The minimum atomic E-state index is -4.40. The normalized spacial score (nSPS) is 26.3. The molecule has 2 saturated heterocycles. The third kappa shape index (κ3) is 4.18. The van der Waals surface area contributed by atoms with Crippen LogP contribution in [0.15, 0.2) is 29.6 Å². The smallest absolute Gasteiger partial charge is 0.365 e. The Balaban J connectivity index is 1.55. The van der Waals surface area contributed by atoms with Crippen molar-refractivity contribution >= 4 is 11.3 Å². The molecular weight excluding hydrogens is 435 g/mol. The summed E-state index contributed by atoms with van der Waals surface area (Å²) in [5.41, 5.74) is -0.540. The Morgan fingerprint density at radius 1 is 1.25 bits per heavy atom. The third-order valence-electron chi connectivity index (χ3n) is 7.05. The van der Waals surface area contributed by atoms with Crippen LogP contribution in [-0.4, -0.2) is 41.4 Å². The minimum Gasteiger partial charge on any atom is -0.365 e. The van der Waals surface area contributed by atoms with Crippen LogP contribution >= 0.6 is 11.3 Å². The van der Waals surface area contributed by atoms with E-state index < -0.39 is 17.2 Å². The lowest BCUT2D eigenvalue weighted by atomic mass is 9.63. The van der Waals surface area contributed by atoms with Crippen molar-refractivity contribution in [2.75, 3.05) is 19.7 Å². The summed E-state index contributed by atoms with van der Waals surface area (Å²) in [6, 6.07) is 9.19. The molecule has 2 fully saturated rings. The Kier molecular flexibility index (Phi) is 6.36. The molecule has 8 heteroatoms. The molecular formula is C24H28F3N3OS. The van der Waals surface area contributed by atoms with Crippen LogP contribution in [0.25, 0.3) is 0 Å². The van der Waals surface area contributed by atoms with Crippen molar-refractivity contribution in [3.05, 3.63) is 51.5 Å². The minimum absolute atomic E-state index is 0.0203. The highest BCUT2D eigenvalue weighted by Crippen LogP contribution is 2.59. The maximum absolute atomic E-state index is 14.3. The zero-order valence-electron chi connectivity index (χ0n) is 18.4. The molecule has 1 aromatic heterocycles. The molecule has 0 aliphatic carbocycles. The number of ether oxygens (including phenoxy) is 1. The number of hydrogen-bond donors (Lipinski definition) is 0. The zero-order valence-corrected chi connectivity index (χ0v) is 19.2. The van der Waals surface area contributed by atoms with Gasteiger partial charge in [-0.1, -0.05) is 26.0 Å². The van der Waals surface area contributed by atoms with E-state index in [9.17, 15) is 13.2 Å². The number of aromatic nitrogens is 1. The molecule has 1 aromatic carbocycles. The van der Waals surface area contributed by atoms with Gasteiger partial charge in [0.1, 0.15) is 5.01 Å². The number of thiazole rings is 1. The molecule has 0 bridgehead atoms. The van der Waals surface area contributed by atoms with Gasteiger partial charge in [0, 0.05) is 23.8 Å².